The second-order valence-electron chi connectivity index (χ2n) is 2.62. The van der Waals surface area contributed by atoms with E-state index in [4.69, 9.17) is 10.5 Å². The van der Waals surface area contributed by atoms with Gasteiger partial charge in [0.25, 0.3) is 0 Å². The molecule has 0 atom stereocenters. The van der Waals surface area contributed by atoms with Crippen LogP contribution in [0.2, 0.25) is 0 Å². The van der Waals surface area contributed by atoms with Gasteiger partial charge in [-0.3, -0.25) is 0 Å². The summed E-state index contributed by atoms with van der Waals surface area (Å²) in [5.74, 6) is -0.487. The number of anilines is 1. The van der Waals surface area contributed by atoms with Crippen LogP contribution < -0.4 is 5.73 Å². The summed E-state index contributed by atoms with van der Waals surface area (Å²) in [6, 6.07) is 2.83. The molecule has 0 aliphatic carbocycles. The van der Waals surface area contributed by atoms with Gasteiger partial charge in [-0.05, 0) is 41.6 Å². The van der Waals surface area contributed by atoms with E-state index in [-0.39, 0.29) is 11.3 Å². The van der Waals surface area contributed by atoms with E-state index in [1.54, 1.807) is 6.92 Å². The maximum absolute atomic E-state index is 11.3. The number of halogens is 1. The molecule has 0 unspecified atom stereocenters. The predicted molar refractivity (Wildman–Crippen MR) is 61.2 cm³/mol. The van der Waals surface area contributed by atoms with Crippen molar-refractivity contribution in [3.8, 4) is 5.75 Å². The number of phenols is 1. The van der Waals surface area contributed by atoms with Gasteiger partial charge in [0.1, 0.15) is 5.75 Å². The SMILES string of the molecule is CCOC(=O)c1cc(N)c(I)c(O)c1. The second-order valence-corrected chi connectivity index (χ2v) is 3.70. The summed E-state index contributed by atoms with van der Waals surface area (Å²) >= 11 is 1.90. The molecule has 0 aliphatic rings. The summed E-state index contributed by atoms with van der Waals surface area (Å²) < 4.78 is 5.31. The number of nitrogen functional groups attached to an aromatic ring is 1. The molecule has 4 nitrogen and oxygen atoms in total. The topological polar surface area (TPSA) is 72.5 Å². The molecular weight excluding hydrogens is 297 g/mol. The normalized spacial score (nSPS) is 9.86. The minimum atomic E-state index is -0.481. The highest BCUT2D eigenvalue weighted by atomic mass is 127. The van der Waals surface area contributed by atoms with E-state index in [9.17, 15) is 9.90 Å². The third kappa shape index (κ3) is 2.28. The summed E-state index contributed by atoms with van der Waals surface area (Å²) in [6.45, 7) is 2.01. The minimum Gasteiger partial charge on any atom is -0.507 e. The number of benzene rings is 1. The molecule has 14 heavy (non-hydrogen) atoms. The molecule has 0 amide bonds. The van der Waals surface area contributed by atoms with E-state index in [1.165, 1.54) is 12.1 Å². The van der Waals surface area contributed by atoms with Crippen LogP contribution in [-0.4, -0.2) is 17.7 Å². The van der Waals surface area contributed by atoms with Gasteiger partial charge >= 0.3 is 5.97 Å². The first-order valence-corrected chi connectivity index (χ1v) is 5.09. The molecule has 0 spiro atoms. The van der Waals surface area contributed by atoms with Gasteiger partial charge in [-0.2, -0.15) is 0 Å². The molecule has 0 fully saturated rings. The van der Waals surface area contributed by atoms with Crippen LogP contribution in [0.25, 0.3) is 0 Å². The van der Waals surface area contributed by atoms with E-state index in [0.717, 1.165) is 0 Å². The summed E-state index contributed by atoms with van der Waals surface area (Å²) in [5.41, 5.74) is 6.22. The molecular formula is C9H10INO3. The van der Waals surface area contributed by atoms with Crippen LogP contribution in [0.3, 0.4) is 0 Å². The van der Waals surface area contributed by atoms with Crippen molar-refractivity contribution < 1.29 is 14.6 Å². The van der Waals surface area contributed by atoms with Gasteiger partial charge in [0, 0.05) is 5.69 Å². The zero-order valence-corrected chi connectivity index (χ0v) is 9.74. The van der Waals surface area contributed by atoms with Crippen LogP contribution in [0.4, 0.5) is 5.69 Å². The van der Waals surface area contributed by atoms with E-state index in [2.05, 4.69) is 0 Å². The van der Waals surface area contributed by atoms with E-state index >= 15 is 0 Å². The number of ether oxygens (including phenoxy) is 1. The van der Waals surface area contributed by atoms with Crippen molar-refractivity contribution in [2.45, 2.75) is 6.92 Å². The lowest BCUT2D eigenvalue weighted by molar-refractivity contribution is 0.0526. The van der Waals surface area contributed by atoms with Crippen molar-refractivity contribution in [2.75, 3.05) is 12.3 Å². The number of carbonyl (C=O) groups is 1. The number of aromatic hydroxyl groups is 1. The highest BCUT2D eigenvalue weighted by Gasteiger charge is 2.11. The Balaban J connectivity index is 3.06. The van der Waals surface area contributed by atoms with Gasteiger partial charge in [0.2, 0.25) is 0 Å². The van der Waals surface area contributed by atoms with Gasteiger partial charge in [0.15, 0.2) is 0 Å². The molecule has 3 N–H and O–H groups in total. The number of carbonyl (C=O) groups excluding carboxylic acids is 1. The molecule has 0 heterocycles. The van der Waals surface area contributed by atoms with Crippen molar-refractivity contribution in [1.29, 1.82) is 0 Å². The Kier molecular flexibility index (Phi) is 3.56. The van der Waals surface area contributed by atoms with Crippen molar-refractivity contribution in [3.63, 3.8) is 0 Å². The lowest BCUT2D eigenvalue weighted by Crippen LogP contribution is -2.05. The lowest BCUT2D eigenvalue weighted by atomic mass is 10.2. The van der Waals surface area contributed by atoms with Crippen LogP contribution in [0, 0.1) is 3.57 Å². The molecule has 0 saturated heterocycles. The first-order chi connectivity index (χ1) is 6.56. The Labute approximate surface area is 95.2 Å². The molecule has 5 heteroatoms. The molecule has 0 radical (unpaired) electrons. The third-order valence-corrected chi connectivity index (χ3v) is 2.77. The fourth-order valence-corrected chi connectivity index (χ4v) is 1.27. The number of hydrogen-bond donors (Lipinski definition) is 2. The summed E-state index contributed by atoms with van der Waals surface area (Å²) in [5, 5.41) is 9.40. The average molecular weight is 307 g/mol. The lowest BCUT2D eigenvalue weighted by Gasteiger charge is -2.05. The summed E-state index contributed by atoms with van der Waals surface area (Å²) in [6.07, 6.45) is 0. The van der Waals surface area contributed by atoms with Crippen molar-refractivity contribution in [3.05, 3.63) is 21.3 Å². The van der Waals surface area contributed by atoms with E-state index in [1.807, 2.05) is 22.6 Å². The predicted octanol–water partition coefficient (Wildman–Crippen LogP) is 1.76. The molecule has 0 bridgehead atoms. The van der Waals surface area contributed by atoms with Crippen molar-refractivity contribution in [1.82, 2.24) is 0 Å². The van der Waals surface area contributed by atoms with E-state index in [0.29, 0.717) is 15.9 Å². The highest BCUT2D eigenvalue weighted by Crippen LogP contribution is 2.27. The van der Waals surface area contributed by atoms with Crippen LogP contribution in [0.1, 0.15) is 17.3 Å². The molecule has 1 rings (SSSR count). The van der Waals surface area contributed by atoms with E-state index < -0.39 is 5.97 Å². The molecule has 1 aromatic carbocycles. The minimum absolute atomic E-state index is 0.00588. The number of phenolic OH excluding ortho intramolecular Hbond substituents is 1. The van der Waals surface area contributed by atoms with Crippen LogP contribution in [0.5, 0.6) is 5.75 Å². The summed E-state index contributed by atoms with van der Waals surface area (Å²) in [4.78, 5) is 11.3. The van der Waals surface area contributed by atoms with Crippen molar-refractivity contribution in [2.24, 2.45) is 0 Å². The Morgan fingerprint density at radius 2 is 2.29 bits per heavy atom. The fraction of sp³-hybridized carbons (Fsp3) is 0.222. The van der Waals surface area contributed by atoms with Crippen LogP contribution >= 0.6 is 22.6 Å². The number of esters is 1. The quantitative estimate of drug-likeness (QED) is 0.496. The van der Waals surface area contributed by atoms with Gasteiger partial charge in [-0.25, -0.2) is 4.79 Å². The molecule has 76 valence electrons. The smallest absolute Gasteiger partial charge is 0.338 e. The Bertz CT molecular complexity index is 342. The average Bonchev–Trinajstić information content (AvgIpc) is 2.13. The Morgan fingerprint density at radius 1 is 1.64 bits per heavy atom. The molecule has 0 aliphatic heterocycles. The van der Waals surface area contributed by atoms with Gasteiger partial charge in [0.05, 0.1) is 15.7 Å². The monoisotopic (exact) mass is 307 g/mol. The van der Waals surface area contributed by atoms with Gasteiger partial charge < -0.3 is 15.6 Å². The first kappa shape index (κ1) is 11.1. The number of hydrogen-bond acceptors (Lipinski definition) is 4. The van der Waals surface area contributed by atoms with Gasteiger partial charge in [-0.1, -0.05) is 0 Å². The Morgan fingerprint density at radius 3 is 2.79 bits per heavy atom. The fourth-order valence-electron chi connectivity index (χ4n) is 0.963. The number of nitrogens with two attached hydrogens (primary N) is 1. The summed E-state index contributed by atoms with van der Waals surface area (Å²) in [7, 11) is 0. The second kappa shape index (κ2) is 4.50. The zero-order chi connectivity index (χ0) is 10.7. The zero-order valence-electron chi connectivity index (χ0n) is 7.58. The highest BCUT2D eigenvalue weighted by molar-refractivity contribution is 14.1. The molecule has 0 aromatic heterocycles. The standard InChI is InChI=1S/C9H10INO3/c1-2-14-9(13)5-3-6(11)8(10)7(12)4-5/h3-4,12H,2,11H2,1H3. The maximum Gasteiger partial charge on any atom is 0.338 e. The Hall–Kier alpha value is -0.980. The van der Waals surface area contributed by atoms with Gasteiger partial charge in [-0.15, -0.1) is 0 Å². The van der Waals surface area contributed by atoms with Crippen LogP contribution in [0.15, 0.2) is 12.1 Å². The largest absolute Gasteiger partial charge is 0.507 e. The number of rotatable bonds is 2. The van der Waals surface area contributed by atoms with Crippen LogP contribution in [-0.2, 0) is 4.74 Å². The molecule has 0 saturated carbocycles. The molecule has 1 aromatic rings. The maximum atomic E-state index is 11.3. The van der Waals surface area contributed by atoms with Crippen molar-refractivity contribution >= 4 is 34.2 Å². The third-order valence-electron chi connectivity index (χ3n) is 1.59. The first-order valence-electron chi connectivity index (χ1n) is 4.01.